The number of nitrogens with one attached hydrogen (secondary N) is 1. The number of carbonyl (C=O) groups is 2. The normalized spacial score (nSPS) is 16.7. The number of carbonyl (C=O) groups excluding carboxylic acids is 2. The number of amides is 2. The Kier molecular flexibility index (Phi) is 8.46. The number of hydrogen-bond donors (Lipinski definition) is 2. The molecule has 1 unspecified atom stereocenters. The summed E-state index contributed by atoms with van der Waals surface area (Å²) in [5, 5.41) is 2.69. The van der Waals surface area contributed by atoms with E-state index in [1.807, 2.05) is 0 Å². The number of aromatic nitrogens is 1. The van der Waals surface area contributed by atoms with Crippen LogP contribution in [0, 0.1) is 0 Å². The summed E-state index contributed by atoms with van der Waals surface area (Å²) in [6.45, 7) is -0.381. The van der Waals surface area contributed by atoms with Gasteiger partial charge in [0, 0.05) is 19.2 Å². The molecule has 2 amide bonds. The van der Waals surface area contributed by atoms with Gasteiger partial charge in [-0.25, -0.2) is 13.8 Å². The zero-order valence-electron chi connectivity index (χ0n) is 13.7. The van der Waals surface area contributed by atoms with E-state index < -0.39 is 30.3 Å². The lowest BCUT2D eigenvalue weighted by Gasteiger charge is -2.24. The van der Waals surface area contributed by atoms with E-state index in [9.17, 15) is 18.4 Å². The van der Waals surface area contributed by atoms with E-state index in [-0.39, 0.29) is 47.5 Å². The van der Waals surface area contributed by atoms with E-state index >= 15 is 0 Å². The first-order chi connectivity index (χ1) is 11.7. The van der Waals surface area contributed by atoms with Crippen molar-refractivity contribution in [3.8, 4) is 0 Å². The SMILES string of the molecule is Cl.NCCCC(NC(=O)c1cnc(Cl)c(Cl)c1)C(=O)N1CCC(F)(F)C1. The van der Waals surface area contributed by atoms with Gasteiger partial charge in [0.15, 0.2) is 0 Å². The van der Waals surface area contributed by atoms with Crippen LogP contribution in [0.25, 0.3) is 0 Å². The Labute approximate surface area is 165 Å². The Morgan fingerprint density at radius 3 is 2.65 bits per heavy atom. The Bertz CT molecular complexity index is 664. The Morgan fingerprint density at radius 2 is 2.12 bits per heavy atom. The quantitative estimate of drug-likeness (QED) is 0.678. The molecule has 0 aromatic carbocycles. The van der Waals surface area contributed by atoms with Crippen molar-refractivity contribution in [3.63, 3.8) is 0 Å². The van der Waals surface area contributed by atoms with Gasteiger partial charge in [-0.15, -0.1) is 12.4 Å². The van der Waals surface area contributed by atoms with Gasteiger partial charge in [-0.05, 0) is 25.5 Å². The number of nitrogens with two attached hydrogens (primary N) is 1. The largest absolute Gasteiger partial charge is 0.340 e. The molecule has 11 heteroatoms. The Morgan fingerprint density at radius 1 is 1.42 bits per heavy atom. The van der Waals surface area contributed by atoms with Gasteiger partial charge in [0.2, 0.25) is 5.91 Å². The highest BCUT2D eigenvalue weighted by Crippen LogP contribution is 2.27. The number of pyridine rings is 1. The average molecular weight is 432 g/mol. The first kappa shape index (κ1) is 22.8. The number of rotatable bonds is 6. The van der Waals surface area contributed by atoms with Gasteiger partial charge in [0.05, 0.1) is 17.1 Å². The minimum absolute atomic E-state index is 0. The van der Waals surface area contributed by atoms with Crippen molar-refractivity contribution in [3.05, 3.63) is 28.0 Å². The fourth-order valence-electron chi connectivity index (χ4n) is 2.51. The summed E-state index contributed by atoms with van der Waals surface area (Å²) in [5.74, 6) is -4.04. The highest BCUT2D eigenvalue weighted by Gasteiger charge is 2.42. The van der Waals surface area contributed by atoms with Crippen molar-refractivity contribution >= 4 is 47.4 Å². The molecule has 2 rings (SSSR count). The molecule has 0 radical (unpaired) electrons. The lowest BCUT2D eigenvalue weighted by molar-refractivity contribution is -0.133. The lowest BCUT2D eigenvalue weighted by atomic mass is 10.1. The first-order valence-electron chi connectivity index (χ1n) is 7.72. The third kappa shape index (κ3) is 5.90. The number of nitrogens with zero attached hydrogens (tertiary/aromatic N) is 2. The molecule has 1 fully saturated rings. The third-order valence-corrected chi connectivity index (χ3v) is 4.53. The monoisotopic (exact) mass is 430 g/mol. The molecular formula is C15H19Cl3F2N4O2. The summed E-state index contributed by atoms with van der Waals surface area (Å²) in [7, 11) is 0. The molecule has 0 aliphatic carbocycles. The van der Waals surface area contributed by atoms with E-state index in [0.29, 0.717) is 13.0 Å². The Hall–Kier alpha value is -1.22. The van der Waals surface area contributed by atoms with E-state index in [1.165, 1.54) is 12.3 Å². The maximum Gasteiger partial charge on any atom is 0.267 e. The van der Waals surface area contributed by atoms with Crippen LogP contribution >= 0.6 is 35.6 Å². The molecule has 2 heterocycles. The summed E-state index contributed by atoms with van der Waals surface area (Å²) in [6, 6.07) is 0.375. The van der Waals surface area contributed by atoms with Gasteiger partial charge >= 0.3 is 0 Å². The average Bonchev–Trinajstić information content (AvgIpc) is 2.93. The summed E-state index contributed by atoms with van der Waals surface area (Å²) < 4.78 is 26.7. The van der Waals surface area contributed by atoms with Crippen LogP contribution in [0.1, 0.15) is 29.6 Å². The van der Waals surface area contributed by atoms with Crippen molar-refractivity contribution in [2.45, 2.75) is 31.2 Å². The topological polar surface area (TPSA) is 88.3 Å². The van der Waals surface area contributed by atoms with Gasteiger partial charge in [-0.1, -0.05) is 23.2 Å². The van der Waals surface area contributed by atoms with Crippen molar-refractivity contribution in [2.75, 3.05) is 19.6 Å². The minimum atomic E-state index is -2.90. The molecule has 26 heavy (non-hydrogen) atoms. The second kappa shape index (κ2) is 9.64. The van der Waals surface area contributed by atoms with Crippen LogP contribution in [0.3, 0.4) is 0 Å². The number of halogens is 5. The van der Waals surface area contributed by atoms with Crippen LogP contribution in [0.4, 0.5) is 8.78 Å². The van der Waals surface area contributed by atoms with E-state index in [1.54, 1.807) is 0 Å². The van der Waals surface area contributed by atoms with Gasteiger partial charge in [-0.3, -0.25) is 9.59 Å². The summed E-state index contributed by atoms with van der Waals surface area (Å²) in [6.07, 6.45) is 1.55. The molecule has 1 aliphatic heterocycles. The van der Waals surface area contributed by atoms with Crippen molar-refractivity contribution in [1.82, 2.24) is 15.2 Å². The molecule has 1 aromatic rings. The second-order valence-electron chi connectivity index (χ2n) is 5.82. The molecule has 1 saturated heterocycles. The molecule has 3 N–H and O–H groups in total. The molecule has 0 saturated carbocycles. The number of alkyl halides is 2. The van der Waals surface area contributed by atoms with E-state index in [4.69, 9.17) is 28.9 Å². The molecular weight excluding hydrogens is 413 g/mol. The maximum atomic E-state index is 13.3. The minimum Gasteiger partial charge on any atom is -0.340 e. The van der Waals surface area contributed by atoms with Gasteiger partial charge in [-0.2, -0.15) is 0 Å². The third-order valence-electron chi connectivity index (χ3n) is 3.84. The summed E-state index contributed by atoms with van der Waals surface area (Å²) >= 11 is 11.5. The maximum absolute atomic E-state index is 13.3. The fraction of sp³-hybridized carbons (Fsp3) is 0.533. The molecule has 1 atom stereocenters. The van der Waals surface area contributed by atoms with Crippen molar-refractivity contribution < 1.29 is 18.4 Å². The molecule has 6 nitrogen and oxygen atoms in total. The summed E-state index contributed by atoms with van der Waals surface area (Å²) in [4.78, 5) is 29.7. The van der Waals surface area contributed by atoms with Crippen LogP contribution < -0.4 is 11.1 Å². The fourth-order valence-corrected chi connectivity index (χ4v) is 2.78. The second-order valence-corrected chi connectivity index (χ2v) is 6.58. The van der Waals surface area contributed by atoms with Gasteiger partial charge in [0.25, 0.3) is 11.8 Å². The standard InChI is InChI=1S/C15H18Cl2F2N4O2.ClH/c16-10-6-9(7-21-12(10)17)13(24)22-11(2-1-4-20)14(25)23-5-3-15(18,19)8-23;/h6-7,11H,1-5,8,20H2,(H,22,24);1H. The van der Waals surface area contributed by atoms with Crippen LogP contribution in [0.15, 0.2) is 12.3 Å². The first-order valence-corrected chi connectivity index (χ1v) is 8.47. The lowest BCUT2D eigenvalue weighted by Crippen LogP contribution is -2.48. The highest BCUT2D eigenvalue weighted by atomic mass is 35.5. The van der Waals surface area contributed by atoms with Gasteiger partial charge < -0.3 is 16.0 Å². The highest BCUT2D eigenvalue weighted by molar-refractivity contribution is 6.41. The van der Waals surface area contributed by atoms with Crippen LogP contribution in [-0.4, -0.2) is 53.3 Å². The van der Waals surface area contributed by atoms with E-state index in [2.05, 4.69) is 10.3 Å². The zero-order chi connectivity index (χ0) is 18.6. The molecule has 1 aromatic heterocycles. The van der Waals surface area contributed by atoms with Gasteiger partial charge in [0.1, 0.15) is 11.2 Å². The van der Waals surface area contributed by atoms with E-state index in [0.717, 1.165) is 4.90 Å². The zero-order valence-corrected chi connectivity index (χ0v) is 16.0. The summed E-state index contributed by atoms with van der Waals surface area (Å²) in [5.41, 5.74) is 5.57. The molecule has 1 aliphatic rings. The Balaban J connectivity index is 0.00000338. The van der Waals surface area contributed by atoms with Crippen LogP contribution in [0.5, 0.6) is 0 Å². The predicted octanol–water partition coefficient (Wildman–Crippen LogP) is 2.52. The number of hydrogen-bond acceptors (Lipinski definition) is 4. The van der Waals surface area contributed by atoms with Crippen LogP contribution in [0.2, 0.25) is 10.2 Å². The molecule has 146 valence electrons. The molecule has 0 bridgehead atoms. The van der Waals surface area contributed by atoms with Crippen molar-refractivity contribution in [2.24, 2.45) is 5.73 Å². The van der Waals surface area contributed by atoms with Crippen molar-refractivity contribution in [1.29, 1.82) is 0 Å². The molecule has 0 spiro atoms. The smallest absolute Gasteiger partial charge is 0.267 e. The number of likely N-dealkylation sites (tertiary alicyclic amines) is 1. The predicted molar refractivity (Wildman–Crippen MR) is 97.2 cm³/mol. The van der Waals surface area contributed by atoms with Crippen LogP contribution in [-0.2, 0) is 4.79 Å².